The van der Waals surface area contributed by atoms with Gasteiger partial charge in [-0.25, -0.2) is 4.99 Å². The number of furan rings is 1. The van der Waals surface area contributed by atoms with E-state index in [0.29, 0.717) is 6.54 Å². The zero-order valence-corrected chi connectivity index (χ0v) is 16.6. The maximum atomic E-state index is 5.45. The van der Waals surface area contributed by atoms with Gasteiger partial charge in [-0.1, -0.05) is 25.1 Å². The Balaban J connectivity index is 1.65. The summed E-state index contributed by atoms with van der Waals surface area (Å²) in [5.74, 6) is 2.66. The number of nitrogens with one attached hydrogen (secondary N) is 2. The molecule has 144 valence electrons. The Morgan fingerprint density at radius 1 is 1.19 bits per heavy atom. The number of aryl methyl sites for hydroxylation is 2. The lowest BCUT2D eigenvalue weighted by atomic mass is 10.1. The van der Waals surface area contributed by atoms with Crippen LogP contribution in [0.15, 0.2) is 49.8 Å². The highest BCUT2D eigenvalue weighted by Gasteiger charge is 2.13. The smallest absolute Gasteiger partial charge is 0.191 e. The van der Waals surface area contributed by atoms with Crippen LogP contribution in [0.2, 0.25) is 0 Å². The molecule has 0 saturated heterocycles. The van der Waals surface area contributed by atoms with Gasteiger partial charge in [-0.3, -0.25) is 0 Å². The molecule has 3 aromatic heterocycles. The molecule has 0 bridgehead atoms. The molecule has 0 aliphatic carbocycles. The predicted molar refractivity (Wildman–Crippen MR) is 108 cm³/mol. The second kappa shape index (κ2) is 9.97. The highest BCUT2D eigenvalue weighted by molar-refractivity contribution is 7.09. The Kier molecular flexibility index (Phi) is 7.10. The van der Waals surface area contributed by atoms with Gasteiger partial charge in [-0.05, 0) is 30.0 Å². The second-order valence-corrected chi connectivity index (χ2v) is 7.12. The Morgan fingerprint density at radius 3 is 2.81 bits per heavy atom. The highest BCUT2D eigenvalue weighted by Crippen LogP contribution is 2.17. The minimum atomic E-state index is 0.552. The Hall–Kier alpha value is -2.54. The summed E-state index contributed by atoms with van der Waals surface area (Å²) in [6.07, 6.45) is 4.17. The molecule has 0 spiro atoms. The molecular weight excluding hydrogens is 360 g/mol. The molecule has 0 aliphatic rings. The standard InChI is InChI=1S/C20H26N4O2S/c1-3-18-17(19(4-2)26-24-18)14-23-20(22-13-16-8-6-12-27-16)21-10-9-15-7-5-11-25-15/h5-8,11-12H,3-4,9-10,13-14H2,1-2H3,(H2,21,22,23). The van der Waals surface area contributed by atoms with Crippen molar-refractivity contribution in [3.8, 4) is 0 Å². The fraction of sp³-hybridized carbons (Fsp3) is 0.400. The van der Waals surface area contributed by atoms with E-state index in [1.165, 1.54) is 4.88 Å². The largest absolute Gasteiger partial charge is 0.469 e. The van der Waals surface area contributed by atoms with Crippen LogP contribution < -0.4 is 10.6 Å². The predicted octanol–water partition coefficient (Wildman–Crippen LogP) is 3.93. The summed E-state index contributed by atoms with van der Waals surface area (Å²) in [5.41, 5.74) is 2.09. The summed E-state index contributed by atoms with van der Waals surface area (Å²) >= 11 is 1.73. The van der Waals surface area contributed by atoms with Gasteiger partial charge in [0, 0.05) is 29.8 Å². The zero-order chi connectivity index (χ0) is 18.9. The van der Waals surface area contributed by atoms with Gasteiger partial charge in [0.05, 0.1) is 25.0 Å². The Labute approximate surface area is 163 Å². The third-order valence-corrected chi connectivity index (χ3v) is 5.13. The topological polar surface area (TPSA) is 75.6 Å². The molecule has 0 fully saturated rings. The van der Waals surface area contributed by atoms with E-state index in [2.05, 4.69) is 47.2 Å². The van der Waals surface area contributed by atoms with Crippen LogP contribution in [-0.2, 0) is 32.4 Å². The van der Waals surface area contributed by atoms with Gasteiger partial charge in [0.25, 0.3) is 0 Å². The quantitative estimate of drug-likeness (QED) is 0.430. The van der Waals surface area contributed by atoms with Crippen molar-refractivity contribution in [2.24, 2.45) is 4.99 Å². The number of nitrogens with zero attached hydrogens (tertiary/aromatic N) is 2. The van der Waals surface area contributed by atoms with Gasteiger partial charge in [-0.15, -0.1) is 11.3 Å². The maximum Gasteiger partial charge on any atom is 0.191 e. The van der Waals surface area contributed by atoms with Crippen LogP contribution in [0.5, 0.6) is 0 Å². The number of guanidine groups is 1. The van der Waals surface area contributed by atoms with E-state index >= 15 is 0 Å². The summed E-state index contributed by atoms with van der Waals surface area (Å²) in [6.45, 7) is 6.20. The molecule has 0 aromatic carbocycles. The maximum absolute atomic E-state index is 5.45. The van der Waals surface area contributed by atoms with E-state index in [0.717, 1.165) is 61.1 Å². The number of hydrogen-bond acceptors (Lipinski definition) is 5. The molecule has 3 rings (SSSR count). The van der Waals surface area contributed by atoms with Crippen LogP contribution in [-0.4, -0.2) is 17.7 Å². The Morgan fingerprint density at radius 2 is 2.11 bits per heavy atom. The average molecular weight is 387 g/mol. The minimum absolute atomic E-state index is 0.552. The van der Waals surface area contributed by atoms with Crippen LogP contribution in [0.4, 0.5) is 0 Å². The summed E-state index contributed by atoms with van der Waals surface area (Å²) in [7, 11) is 0. The molecule has 6 nitrogen and oxygen atoms in total. The van der Waals surface area contributed by atoms with Crippen LogP contribution >= 0.6 is 11.3 Å². The lowest BCUT2D eigenvalue weighted by Crippen LogP contribution is -2.38. The lowest BCUT2D eigenvalue weighted by Gasteiger charge is -2.12. The number of aromatic nitrogens is 1. The number of thiophene rings is 1. The van der Waals surface area contributed by atoms with E-state index in [4.69, 9.17) is 13.9 Å². The number of aliphatic imine (C=N–C) groups is 1. The molecule has 0 aliphatic heterocycles. The third-order valence-electron chi connectivity index (χ3n) is 4.26. The monoisotopic (exact) mass is 386 g/mol. The van der Waals surface area contributed by atoms with Crippen molar-refractivity contribution in [3.05, 3.63) is 63.6 Å². The summed E-state index contributed by atoms with van der Waals surface area (Å²) in [4.78, 5) is 6.04. The minimum Gasteiger partial charge on any atom is -0.469 e. The third kappa shape index (κ3) is 5.47. The van der Waals surface area contributed by atoms with Gasteiger partial charge in [0.1, 0.15) is 11.5 Å². The lowest BCUT2D eigenvalue weighted by molar-refractivity contribution is 0.380. The number of rotatable bonds is 9. The fourth-order valence-corrected chi connectivity index (χ4v) is 3.44. The summed E-state index contributed by atoms with van der Waals surface area (Å²) in [5, 5.41) is 13.0. The van der Waals surface area contributed by atoms with Crippen molar-refractivity contribution < 1.29 is 8.94 Å². The highest BCUT2D eigenvalue weighted by atomic mass is 32.1. The van der Waals surface area contributed by atoms with Crippen LogP contribution in [0, 0.1) is 0 Å². The van der Waals surface area contributed by atoms with E-state index in [1.54, 1.807) is 17.6 Å². The second-order valence-electron chi connectivity index (χ2n) is 6.09. The molecule has 0 radical (unpaired) electrons. The first-order chi connectivity index (χ1) is 13.3. The molecule has 27 heavy (non-hydrogen) atoms. The summed E-state index contributed by atoms with van der Waals surface area (Å²) in [6, 6.07) is 8.06. The van der Waals surface area contributed by atoms with Gasteiger partial charge in [0.15, 0.2) is 5.96 Å². The van der Waals surface area contributed by atoms with Crippen molar-refractivity contribution >= 4 is 17.3 Å². The SMILES string of the molecule is CCc1noc(CC)c1CN=C(NCCc1ccco1)NCc1cccs1. The molecule has 3 heterocycles. The number of hydrogen-bond donors (Lipinski definition) is 2. The molecule has 0 unspecified atom stereocenters. The van der Waals surface area contributed by atoms with Crippen LogP contribution in [0.3, 0.4) is 0 Å². The summed E-state index contributed by atoms with van der Waals surface area (Å²) < 4.78 is 10.8. The molecule has 0 saturated carbocycles. The molecule has 0 atom stereocenters. The van der Waals surface area contributed by atoms with Crippen molar-refractivity contribution in [3.63, 3.8) is 0 Å². The van der Waals surface area contributed by atoms with Gasteiger partial charge in [-0.2, -0.15) is 0 Å². The Bertz CT molecular complexity index is 801. The first-order valence-electron chi connectivity index (χ1n) is 9.33. The van der Waals surface area contributed by atoms with Crippen LogP contribution in [0.25, 0.3) is 0 Å². The molecule has 0 amide bonds. The van der Waals surface area contributed by atoms with Crippen LogP contribution in [0.1, 0.15) is 41.5 Å². The molecular formula is C20H26N4O2S. The normalized spacial score (nSPS) is 11.7. The van der Waals surface area contributed by atoms with Crippen molar-refractivity contribution in [2.75, 3.05) is 6.54 Å². The molecule has 7 heteroatoms. The first-order valence-corrected chi connectivity index (χ1v) is 10.2. The fourth-order valence-electron chi connectivity index (χ4n) is 2.79. The van der Waals surface area contributed by atoms with E-state index in [1.807, 2.05) is 12.1 Å². The zero-order valence-electron chi connectivity index (χ0n) is 15.8. The van der Waals surface area contributed by atoms with Crippen molar-refractivity contribution in [1.82, 2.24) is 15.8 Å². The van der Waals surface area contributed by atoms with Crippen molar-refractivity contribution in [2.45, 2.75) is 46.2 Å². The molecule has 2 N–H and O–H groups in total. The van der Waals surface area contributed by atoms with Gasteiger partial charge >= 0.3 is 0 Å². The van der Waals surface area contributed by atoms with Crippen molar-refractivity contribution in [1.29, 1.82) is 0 Å². The molecule has 3 aromatic rings. The van der Waals surface area contributed by atoms with Gasteiger partial charge < -0.3 is 19.6 Å². The van der Waals surface area contributed by atoms with E-state index in [9.17, 15) is 0 Å². The van der Waals surface area contributed by atoms with Gasteiger partial charge in [0.2, 0.25) is 0 Å². The average Bonchev–Trinajstić information content (AvgIpc) is 3.45. The van der Waals surface area contributed by atoms with E-state index in [-0.39, 0.29) is 0 Å². The van der Waals surface area contributed by atoms with E-state index < -0.39 is 0 Å². The first kappa shape index (κ1) is 19.2.